The molecule has 0 bridgehead atoms. The van der Waals surface area contributed by atoms with Gasteiger partial charge in [0.1, 0.15) is 0 Å². The van der Waals surface area contributed by atoms with Crippen molar-refractivity contribution in [3.63, 3.8) is 0 Å². The number of esters is 1. The van der Waals surface area contributed by atoms with Gasteiger partial charge in [0.05, 0.1) is 19.3 Å². The number of nitrogens with zero attached hydrogens (tertiary/aromatic N) is 1. The van der Waals surface area contributed by atoms with Gasteiger partial charge < -0.3 is 10.1 Å². The number of hydrogen-bond donors (Lipinski definition) is 1. The van der Waals surface area contributed by atoms with Crippen LogP contribution in [0.5, 0.6) is 0 Å². The normalized spacial score (nSPS) is 13.6. The van der Waals surface area contributed by atoms with Gasteiger partial charge in [0.2, 0.25) is 10.0 Å². The summed E-state index contributed by atoms with van der Waals surface area (Å²) in [5, 5.41) is 3.11. The first-order valence-corrected chi connectivity index (χ1v) is 7.91. The van der Waals surface area contributed by atoms with E-state index < -0.39 is 10.0 Å². The molecule has 18 heavy (non-hydrogen) atoms. The van der Waals surface area contributed by atoms with Crippen molar-refractivity contribution in [3.8, 4) is 0 Å². The summed E-state index contributed by atoms with van der Waals surface area (Å²) in [5.74, 6) is -0.430. The van der Waals surface area contributed by atoms with Crippen molar-refractivity contribution in [3.05, 3.63) is 0 Å². The second-order valence-corrected chi connectivity index (χ2v) is 6.22. The summed E-state index contributed by atoms with van der Waals surface area (Å²) in [6.07, 6.45) is 1.93. The fourth-order valence-electron chi connectivity index (χ4n) is 1.54. The Kier molecular flexibility index (Phi) is 8.13. The maximum absolute atomic E-state index is 11.3. The number of carbonyl (C=O) groups excluding carboxylic acids is 1. The lowest BCUT2D eigenvalue weighted by molar-refractivity contribution is -0.144. The van der Waals surface area contributed by atoms with Gasteiger partial charge in [-0.3, -0.25) is 4.79 Å². The lowest BCUT2D eigenvalue weighted by Gasteiger charge is -2.18. The fraction of sp³-hybridized carbons (Fsp3) is 0.909. The molecule has 7 heteroatoms. The summed E-state index contributed by atoms with van der Waals surface area (Å²) < 4.78 is 28.6. The minimum atomic E-state index is -3.10. The molecule has 0 heterocycles. The Morgan fingerprint density at radius 1 is 1.44 bits per heavy atom. The summed E-state index contributed by atoms with van der Waals surface area (Å²) in [7, 11) is -1.74. The molecule has 0 spiro atoms. The maximum Gasteiger partial charge on any atom is 0.309 e. The zero-order chi connectivity index (χ0) is 14.2. The average molecular weight is 280 g/mol. The van der Waals surface area contributed by atoms with Crippen molar-refractivity contribution in [1.29, 1.82) is 0 Å². The van der Waals surface area contributed by atoms with E-state index in [0.29, 0.717) is 26.2 Å². The van der Waals surface area contributed by atoms with Crippen LogP contribution in [0.25, 0.3) is 0 Å². The van der Waals surface area contributed by atoms with Crippen LogP contribution in [0.2, 0.25) is 0 Å². The van der Waals surface area contributed by atoms with E-state index in [-0.39, 0.29) is 11.9 Å². The monoisotopic (exact) mass is 280 g/mol. The highest BCUT2D eigenvalue weighted by Gasteiger charge is 2.14. The number of ether oxygens (including phenoxy) is 1. The van der Waals surface area contributed by atoms with E-state index >= 15 is 0 Å². The zero-order valence-corrected chi connectivity index (χ0v) is 12.4. The molecule has 0 aromatic heterocycles. The van der Waals surface area contributed by atoms with Gasteiger partial charge in [0.25, 0.3) is 0 Å². The van der Waals surface area contributed by atoms with Gasteiger partial charge in [0, 0.05) is 19.6 Å². The minimum Gasteiger partial charge on any atom is -0.469 e. The summed E-state index contributed by atoms with van der Waals surface area (Å²) in [4.78, 5) is 11.1. The molecule has 0 aromatic carbocycles. The van der Waals surface area contributed by atoms with Crippen LogP contribution in [0, 0.1) is 5.92 Å². The Morgan fingerprint density at radius 2 is 2.06 bits per heavy atom. The molecule has 1 atom stereocenters. The molecule has 0 saturated heterocycles. The predicted molar refractivity (Wildman–Crippen MR) is 70.8 cm³/mol. The SMILES string of the molecule is CCN(CCCNCC(C)C(=O)OC)S(C)(=O)=O. The zero-order valence-electron chi connectivity index (χ0n) is 11.6. The second kappa shape index (κ2) is 8.44. The van der Waals surface area contributed by atoms with Crippen molar-refractivity contribution in [2.24, 2.45) is 5.92 Å². The summed E-state index contributed by atoms with van der Waals surface area (Å²) >= 11 is 0. The van der Waals surface area contributed by atoms with Crippen LogP contribution in [0.4, 0.5) is 0 Å². The Hall–Kier alpha value is -0.660. The van der Waals surface area contributed by atoms with Crippen molar-refractivity contribution >= 4 is 16.0 Å². The molecule has 0 aliphatic carbocycles. The summed E-state index contributed by atoms with van der Waals surface area (Å²) in [6.45, 7) is 5.79. The molecule has 0 aliphatic heterocycles. The molecule has 0 aromatic rings. The molecule has 0 aliphatic rings. The Bertz CT molecular complexity index is 343. The highest BCUT2D eigenvalue weighted by molar-refractivity contribution is 7.88. The molecule has 6 nitrogen and oxygen atoms in total. The third-order valence-electron chi connectivity index (χ3n) is 2.64. The van der Waals surface area contributed by atoms with Crippen molar-refractivity contribution in [1.82, 2.24) is 9.62 Å². The Balaban J connectivity index is 3.77. The summed E-state index contributed by atoms with van der Waals surface area (Å²) in [5.41, 5.74) is 0. The van der Waals surface area contributed by atoms with Gasteiger partial charge in [-0.15, -0.1) is 0 Å². The van der Waals surface area contributed by atoms with Gasteiger partial charge >= 0.3 is 5.97 Å². The number of methoxy groups -OCH3 is 1. The van der Waals surface area contributed by atoms with Gasteiger partial charge in [0.15, 0.2) is 0 Å². The molecule has 0 radical (unpaired) electrons. The first kappa shape index (κ1) is 17.3. The van der Waals surface area contributed by atoms with Crippen molar-refractivity contribution in [2.45, 2.75) is 20.3 Å². The molecule has 0 amide bonds. The first-order chi connectivity index (χ1) is 8.32. The average Bonchev–Trinajstić information content (AvgIpc) is 2.30. The topological polar surface area (TPSA) is 75.7 Å². The van der Waals surface area contributed by atoms with E-state index in [1.165, 1.54) is 17.7 Å². The first-order valence-electron chi connectivity index (χ1n) is 6.06. The molecule has 108 valence electrons. The van der Waals surface area contributed by atoms with E-state index in [9.17, 15) is 13.2 Å². The molecular formula is C11H24N2O4S. The third-order valence-corrected chi connectivity index (χ3v) is 4.02. The van der Waals surface area contributed by atoms with Crippen molar-refractivity contribution in [2.75, 3.05) is 39.5 Å². The lowest BCUT2D eigenvalue weighted by Crippen LogP contribution is -2.33. The standard InChI is InChI=1S/C11H24N2O4S/c1-5-13(18(4,15)16)8-6-7-12-9-10(2)11(14)17-3/h10,12H,5-9H2,1-4H3. The van der Waals surface area contributed by atoms with Crippen LogP contribution in [-0.4, -0.2) is 58.2 Å². The number of rotatable bonds is 9. The van der Waals surface area contributed by atoms with E-state index in [0.717, 1.165) is 6.42 Å². The van der Waals surface area contributed by atoms with Crippen molar-refractivity contribution < 1.29 is 17.9 Å². The molecule has 1 N–H and O–H groups in total. The number of nitrogens with one attached hydrogen (secondary N) is 1. The number of hydrogen-bond acceptors (Lipinski definition) is 5. The van der Waals surface area contributed by atoms with Crippen LogP contribution in [0.15, 0.2) is 0 Å². The highest BCUT2D eigenvalue weighted by Crippen LogP contribution is 1.99. The van der Waals surface area contributed by atoms with Gasteiger partial charge in [-0.2, -0.15) is 0 Å². The second-order valence-electron chi connectivity index (χ2n) is 4.24. The molecular weight excluding hydrogens is 256 g/mol. The van der Waals surface area contributed by atoms with Crippen LogP contribution >= 0.6 is 0 Å². The molecule has 1 unspecified atom stereocenters. The highest BCUT2D eigenvalue weighted by atomic mass is 32.2. The Morgan fingerprint density at radius 3 is 2.50 bits per heavy atom. The lowest BCUT2D eigenvalue weighted by atomic mass is 10.2. The summed E-state index contributed by atoms with van der Waals surface area (Å²) in [6, 6.07) is 0. The fourth-order valence-corrected chi connectivity index (χ4v) is 2.47. The quantitative estimate of drug-likeness (QED) is 0.477. The smallest absolute Gasteiger partial charge is 0.309 e. The predicted octanol–water partition coefficient (Wildman–Crippen LogP) is 0.0567. The number of carbonyl (C=O) groups is 1. The number of sulfonamides is 1. The van der Waals surface area contributed by atoms with E-state index in [4.69, 9.17) is 0 Å². The molecule has 0 rings (SSSR count). The van der Waals surface area contributed by atoms with E-state index in [2.05, 4.69) is 10.1 Å². The van der Waals surface area contributed by atoms with Crippen LogP contribution in [-0.2, 0) is 19.6 Å². The van der Waals surface area contributed by atoms with Gasteiger partial charge in [-0.05, 0) is 13.0 Å². The van der Waals surface area contributed by atoms with Crippen LogP contribution in [0.3, 0.4) is 0 Å². The Labute approximate surface area is 110 Å². The maximum atomic E-state index is 11.3. The minimum absolute atomic E-state index is 0.188. The van der Waals surface area contributed by atoms with Crippen LogP contribution in [0.1, 0.15) is 20.3 Å². The molecule has 0 saturated carbocycles. The van der Waals surface area contributed by atoms with E-state index in [1.54, 1.807) is 6.92 Å². The molecule has 0 fully saturated rings. The largest absolute Gasteiger partial charge is 0.469 e. The van der Waals surface area contributed by atoms with Gasteiger partial charge in [-0.1, -0.05) is 13.8 Å². The third kappa shape index (κ3) is 6.93. The van der Waals surface area contributed by atoms with Crippen LogP contribution < -0.4 is 5.32 Å². The van der Waals surface area contributed by atoms with Gasteiger partial charge in [-0.25, -0.2) is 12.7 Å². The van der Waals surface area contributed by atoms with E-state index in [1.807, 2.05) is 6.92 Å².